The number of thioether (sulfide) groups is 1. The van der Waals surface area contributed by atoms with Crippen LogP contribution in [0.2, 0.25) is 0 Å². The monoisotopic (exact) mass is 362 g/mol. The van der Waals surface area contributed by atoms with Crippen LogP contribution in [0.4, 0.5) is 5.69 Å². The van der Waals surface area contributed by atoms with Gasteiger partial charge in [0, 0.05) is 20.8 Å². The number of aliphatic imine (C=N–C) groups is 1. The number of benzene rings is 2. The first-order valence-corrected chi connectivity index (χ1v) is 8.96. The first-order chi connectivity index (χ1) is 10.1. The maximum Gasteiger partial charge on any atom is 0.161 e. The Hall–Kier alpha value is -1.00. The number of fused-ring (bicyclic) bond motifs is 1. The van der Waals surface area contributed by atoms with Crippen LogP contribution < -0.4 is 5.32 Å². The molecule has 0 saturated carbocycles. The third kappa shape index (κ3) is 3.43. The normalized spacial score (nSPS) is 18.3. The number of hydrogen-bond donors (Lipinski definition) is 1. The van der Waals surface area contributed by atoms with Crippen molar-refractivity contribution < 1.29 is 0 Å². The molecule has 1 atom stereocenters. The zero-order chi connectivity index (χ0) is 14.8. The molecule has 0 bridgehead atoms. The van der Waals surface area contributed by atoms with Crippen LogP contribution in [0.1, 0.15) is 20.3 Å². The second-order valence-corrected chi connectivity index (χ2v) is 7.92. The summed E-state index contributed by atoms with van der Waals surface area (Å²) in [5, 5.41) is 7.63. The number of nitrogens with one attached hydrogen (secondary N) is 1. The zero-order valence-corrected chi connectivity index (χ0v) is 14.7. The van der Waals surface area contributed by atoms with Gasteiger partial charge < -0.3 is 5.32 Å². The van der Waals surface area contributed by atoms with Crippen molar-refractivity contribution in [3.63, 3.8) is 0 Å². The summed E-state index contributed by atoms with van der Waals surface area (Å²) in [5.74, 6) is 0.727. The van der Waals surface area contributed by atoms with E-state index in [1.54, 1.807) is 0 Å². The molecule has 0 amide bonds. The van der Waals surface area contributed by atoms with Crippen molar-refractivity contribution in [1.29, 1.82) is 0 Å². The van der Waals surface area contributed by atoms with E-state index in [1.165, 1.54) is 17.2 Å². The highest BCUT2D eigenvalue weighted by atomic mass is 79.9. The van der Waals surface area contributed by atoms with Crippen LogP contribution in [-0.2, 0) is 0 Å². The Balaban J connectivity index is 1.79. The Labute approximate surface area is 138 Å². The van der Waals surface area contributed by atoms with Crippen LogP contribution in [0.5, 0.6) is 0 Å². The van der Waals surface area contributed by atoms with Gasteiger partial charge in [0.05, 0.1) is 6.54 Å². The summed E-state index contributed by atoms with van der Waals surface area (Å²) in [6.07, 6.45) is 1.22. The third-order valence-corrected chi connectivity index (χ3v) is 5.38. The van der Waals surface area contributed by atoms with Gasteiger partial charge in [0.1, 0.15) is 0 Å². The van der Waals surface area contributed by atoms with Crippen molar-refractivity contribution in [3.05, 3.63) is 40.9 Å². The maximum absolute atomic E-state index is 4.65. The third-order valence-electron chi connectivity index (χ3n) is 3.56. The van der Waals surface area contributed by atoms with Gasteiger partial charge in [-0.2, -0.15) is 0 Å². The Morgan fingerprint density at radius 1 is 1.24 bits per heavy atom. The van der Waals surface area contributed by atoms with E-state index in [-0.39, 0.29) is 0 Å². The first kappa shape index (κ1) is 14.9. The predicted molar refractivity (Wildman–Crippen MR) is 98.4 cm³/mol. The van der Waals surface area contributed by atoms with E-state index in [1.807, 2.05) is 11.8 Å². The maximum atomic E-state index is 4.65. The van der Waals surface area contributed by atoms with E-state index in [2.05, 4.69) is 76.5 Å². The van der Waals surface area contributed by atoms with E-state index in [0.717, 1.165) is 27.8 Å². The molecule has 0 spiro atoms. The first-order valence-electron chi connectivity index (χ1n) is 7.29. The molecule has 3 rings (SSSR count). The summed E-state index contributed by atoms with van der Waals surface area (Å²) in [4.78, 5) is 4.65. The molecule has 0 saturated heterocycles. The minimum atomic E-state index is 0.620. The summed E-state index contributed by atoms with van der Waals surface area (Å²) >= 11 is 5.49. The lowest BCUT2D eigenvalue weighted by molar-refractivity contribution is 0.575. The van der Waals surface area contributed by atoms with Crippen LogP contribution in [-0.4, -0.2) is 17.0 Å². The fraction of sp³-hybridized carbons (Fsp3) is 0.353. The molecule has 4 heteroatoms. The largest absolute Gasteiger partial charge is 0.334 e. The summed E-state index contributed by atoms with van der Waals surface area (Å²) in [6, 6.07) is 12.6. The molecule has 1 heterocycles. The molecule has 0 fully saturated rings. The minimum Gasteiger partial charge on any atom is -0.334 e. The van der Waals surface area contributed by atoms with Crippen molar-refractivity contribution in [1.82, 2.24) is 0 Å². The van der Waals surface area contributed by atoms with Crippen molar-refractivity contribution in [2.24, 2.45) is 10.9 Å². The van der Waals surface area contributed by atoms with Crippen molar-refractivity contribution >= 4 is 49.3 Å². The molecular formula is C17H19BrN2S. The molecule has 0 aliphatic carbocycles. The van der Waals surface area contributed by atoms with Crippen LogP contribution >= 0.6 is 27.7 Å². The summed E-state index contributed by atoms with van der Waals surface area (Å²) in [7, 11) is 0. The van der Waals surface area contributed by atoms with Crippen molar-refractivity contribution in [2.75, 3.05) is 11.9 Å². The number of nitrogens with zero attached hydrogens (tertiary/aromatic N) is 1. The van der Waals surface area contributed by atoms with Gasteiger partial charge in [-0.05, 0) is 29.9 Å². The second kappa shape index (κ2) is 6.41. The average Bonchev–Trinajstić information content (AvgIpc) is 2.89. The van der Waals surface area contributed by atoms with Gasteiger partial charge in [0.25, 0.3) is 0 Å². The molecule has 1 aliphatic heterocycles. The quantitative estimate of drug-likeness (QED) is 0.775. The smallest absolute Gasteiger partial charge is 0.161 e. The molecule has 21 heavy (non-hydrogen) atoms. The highest BCUT2D eigenvalue weighted by Gasteiger charge is 2.21. The molecule has 1 N–H and O–H groups in total. The summed E-state index contributed by atoms with van der Waals surface area (Å²) in [5.41, 5.74) is 1.13. The topological polar surface area (TPSA) is 24.4 Å². The number of anilines is 1. The van der Waals surface area contributed by atoms with Gasteiger partial charge in [-0.25, -0.2) is 0 Å². The Kier molecular flexibility index (Phi) is 4.55. The lowest BCUT2D eigenvalue weighted by atomic mass is 10.1. The van der Waals surface area contributed by atoms with Gasteiger partial charge >= 0.3 is 0 Å². The minimum absolute atomic E-state index is 0.620. The molecule has 110 valence electrons. The van der Waals surface area contributed by atoms with Gasteiger partial charge in [-0.15, -0.1) is 0 Å². The Morgan fingerprint density at radius 3 is 2.76 bits per heavy atom. The van der Waals surface area contributed by atoms with Gasteiger partial charge in [-0.3, -0.25) is 4.99 Å². The molecule has 0 radical (unpaired) electrons. The number of amidine groups is 1. The zero-order valence-electron chi connectivity index (χ0n) is 12.3. The van der Waals surface area contributed by atoms with Crippen LogP contribution in [0.15, 0.2) is 45.9 Å². The van der Waals surface area contributed by atoms with Gasteiger partial charge in [-0.1, -0.05) is 65.8 Å². The Bertz CT molecular complexity index is 682. The molecule has 1 unspecified atom stereocenters. The number of halogens is 1. The van der Waals surface area contributed by atoms with Gasteiger partial charge in [0.2, 0.25) is 0 Å². The van der Waals surface area contributed by atoms with E-state index >= 15 is 0 Å². The SMILES string of the molecule is CC(C)CC1CN=C(Nc2ccc(Br)c3ccccc23)S1. The highest BCUT2D eigenvalue weighted by Crippen LogP contribution is 2.32. The lowest BCUT2D eigenvalue weighted by Crippen LogP contribution is -2.09. The average molecular weight is 363 g/mol. The predicted octanol–water partition coefficient (Wildman–Crippen LogP) is 5.53. The molecule has 2 nitrogen and oxygen atoms in total. The van der Waals surface area contributed by atoms with Crippen molar-refractivity contribution in [2.45, 2.75) is 25.5 Å². The summed E-state index contributed by atoms with van der Waals surface area (Å²) in [6.45, 7) is 5.47. The highest BCUT2D eigenvalue weighted by molar-refractivity contribution is 9.10. The molecule has 2 aromatic rings. The fourth-order valence-electron chi connectivity index (χ4n) is 2.62. The standard InChI is InChI=1S/C17H19BrN2S/c1-11(2)9-12-10-19-17(21-12)20-16-8-7-15(18)13-5-3-4-6-14(13)16/h3-8,11-12H,9-10H2,1-2H3,(H,19,20). The Morgan fingerprint density at radius 2 is 2.00 bits per heavy atom. The lowest BCUT2D eigenvalue weighted by Gasteiger charge is -2.13. The van der Waals surface area contributed by atoms with E-state index in [0.29, 0.717) is 5.25 Å². The van der Waals surface area contributed by atoms with Crippen LogP contribution in [0.25, 0.3) is 10.8 Å². The second-order valence-electron chi connectivity index (χ2n) is 5.78. The van der Waals surface area contributed by atoms with Crippen LogP contribution in [0.3, 0.4) is 0 Å². The number of hydrogen-bond acceptors (Lipinski definition) is 3. The van der Waals surface area contributed by atoms with E-state index in [9.17, 15) is 0 Å². The molecule has 2 aromatic carbocycles. The van der Waals surface area contributed by atoms with E-state index in [4.69, 9.17) is 0 Å². The molecular weight excluding hydrogens is 344 g/mol. The fourth-order valence-corrected chi connectivity index (χ4v) is 4.36. The van der Waals surface area contributed by atoms with E-state index < -0.39 is 0 Å². The summed E-state index contributed by atoms with van der Waals surface area (Å²) < 4.78 is 1.13. The molecule has 1 aliphatic rings. The number of rotatable bonds is 3. The van der Waals surface area contributed by atoms with Crippen LogP contribution in [0, 0.1) is 5.92 Å². The van der Waals surface area contributed by atoms with Crippen molar-refractivity contribution in [3.8, 4) is 0 Å². The van der Waals surface area contributed by atoms with Gasteiger partial charge in [0.15, 0.2) is 5.17 Å². The molecule has 0 aromatic heterocycles.